The van der Waals surface area contributed by atoms with Crippen LogP contribution < -0.4 is 5.32 Å². The number of hydrogen-bond acceptors (Lipinski definition) is 5. The van der Waals surface area contributed by atoms with Crippen molar-refractivity contribution in [1.29, 1.82) is 0 Å². The number of benzene rings is 1. The smallest absolute Gasteiger partial charge is 0.221 e. The molecule has 1 atom stereocenters. The van der Waals surface area contributed by atoms with Crippen LogP contribution in [0.1, 0.15) is 45.2 Å². The lowest BCUT2D eigenvalue weighted by molar-refractivity contribution is -0.173. The average molecular weight is 383 g/mol. The summed E-state index contributed by atoms with van der Waals surface area (Å²) in [6.45, 7) is 6.82. The largest absolute Gasteiger partial charge is 0.390 e. The van der Waals surface area contributed by atoms with Crippen molar-refractivity contribution in [3.8, 4) is 0 Å². The second kappa shape index (κ2) is 7.43. The number of aliphatic hydroxyl groups is 1. The summed E-state index contributed by atoms with van der Waals surface area (Å²) in [5, 5.41) is 14.3. The normalized spacial score (nSPS) is 25.1. The molecule has 2 N–H and O–H groups in total. The molecule has 6 heteroatoms. The topological polar surface area (TPSA) is 74.7 Å². The number of likely N-dealkylation sites (tertiary alicyclic amines) is 1. The predicted octanol–water partition coefficient (Wildman–Crippen LogP) is 3.09. The number of anilines is 1. The summed E-state index contributed by atoms with van der Waals surface area (Å²) in [5.41, 5.74) is 2.02. The minimum atomic E-state index is -0.601. The van der Waals surface area contributed by atoms with Crippen LogP contribution in [-0.4, -0.2) is 51.8 Å². The van der Waals surface area contributed by atoms with Gasteiger partial charge in [0.2, 0.25) is 5.91 Å². The van der Waals surface area contributed by atoms with E-state index in [-0.39, 0.29) is 11.5 Å². The first-order valence-corrected chi connectivity index (χ1v) is 10.1. The second-order valence-electron chi connectivity index (χ2n) is 8.62. The fourth-order valence-corrected chi connectivity index (χ4v) is 4.53. The Bertz CT molecular complexity index is 872. The van der Waals surface area contributed by atoms with E-state index in [0.29, 0.717) is 6.61 Å². The van der Waals surface area contributed by atoms with E-state index in [4.69, 9.17) is 9.72 Å². The lowest BCUT2D eigenvalue weighted by Gasteiger charge is -2.48. The van der Waals surface area contributed by atoms with E-state index >= 15 is 0 Å². The van der Waals surface area contributed by atoms with E-state index in [1.54, 1.807) is 0 Å². The van der Waals surface area contributed by atoms with Crippen molar-refractivity contribution < 1.29 is 14.6 Å². The molecule has 1 amide bonds. The van der Waals surface area contributed by atoms with E-state index in [9.17, 15) is 9.90 Å². The summed E-state index contributed by atoms with van der Waals surface area (Å²) in [5.74, 6) is -0.0738. The third kappa shape index (κ3) is 4.35. The standard InChI is InChI=1S/C22H29N3O3/c1-16(26)23-18-5-6-20-17(13-18)3-4-19(24-20)14-25-10-7-22(8-11-25)15-21(2,27)9-12-28-22/h3-6,13,27H,7-12,14-15H2,1-2H3,(H,23,26). The zero-order valence-electron chi connectivity index (χ0n) is 16.7. The van der Waals surface area contributed by atoms with Crippen LogP contribution in [-0.2, 0) is 16.1 Å². The number of carbonyl (C=O) groups is 1. The number of nitrogens with one attached hydrogen (secondary N) is 1. The van der Waals surface area contributed by atoms with E-state index < -0.39 is 5.60 Å². The van der Waals surface area contributed by atoms with Crippen molar-refractivity contribution in [3.63, 3.8) is 0 Å². The Morgan fingerprint density at radius 3 is 2.75 bits per heavy atom. The number of pyridine rings is 1. The van der Waals surface area contributed by atoms with Crippen LogP contribution in [0.5, 0.6) is 0 Å². The van der Waals surface area contributed by atoms with Crippen LogP contribution in [0.25, 0.3) is 10.9 Å². The van der Waals surface area contributed by atoms with Gasteiger partial charge in [0.1, 0.15) is 0 Å². The molecule has 4 rings (SSSR count). The van der Waals surface area contributed by atoms with Crippen LogP contribution >= 0.6 is 0 Å². The Kier molecular flexibility index (Phi) is 5.12. The Hall–Kier alpha value is -2.02. The van der Waals surface area contributed by atoms with Gasteiger partial charge in [0, 0.05) is 44.1 Å². The van der Waals surface area contributed by atoms with Crippen molar-refractivity contribution >= 4 is 22.5 Å². The summed E-state index contributed by atoms with van der Waals surface area (Å²) in [7, 11) is 0. The molecule has 2 aromatic rings. The molecule has 0 saturated carbocycles. The molecule has 2 fully saturated rings. The Labute approximate surface area is 165 Å². The van der Waals surface area contributed by atoms with E-state index in [1.807, 2.05) is 25.1 Å². The first-order valence-electron chi connectivity index (χ1n) is 10.1. The maximum absolute atomic E-state index is 11.2. The van der Waals surface area contributed by atoms with Gasteiger partial charge in [-0.25, -0.2) is 0 Å². The number of fused-ring (bicyclic) bond motifs is 1. The second-order valence-corrected chi connectivity index (χ2v) is 8.62. The molecular weight excluding hydrogens is 354 g/mol. The highest BCUT2D eigenvalue weighted by Crippen LogP contribution is 2.39. The third-order valence-electron chi connectivity index (χ3n) is 5.97. The molecule has 1 unspecified atom stereocenters. The number of ether oxygens (including phenoxy) is 1. The highest BCUT2D eigenvalue weighted by atomic mass is 16.5. The molecule has 0 bridgehead atoms. The molecule has 1 aromatic heterocycles. The summed E-state index contributed by atoms with van der Waals surface area (Å²) in [6.07, 6.45) is 3.37. The van der Waals surface area contributed by atoms with Gasteiger partial charge >= 0.3 is 0 Å². The number of nitrogens with zero attached hydrogens (tertiary/aromatic N) is 2. The Morgan fingerprint density at radius 2 is 2.04 bits per heavy atom. The summed E-state index contributed by atoms with van der Waals surface area (Å²) in [4.78, 5) is 18.4. The number of rotatable bonds is 3. The molecule has 3 heterocycles. The van der Waals surface area contributed by atoms with Crippen LogP contribution in [0.15, 0.2) is 30.3 Å². The van der Waals surface area contributed by atoms with Gasteiger partial charge in [-0.2, -0.15) is 0 Å². The lowest BCUT2D eigenvalue weighted by Crippen LogP contribution is -2.53. The van der Waals surface area contributed by atoms with Crippen LogP contribution in [0, 0.1) is 0 Å². The van der Waals surface area contributed by atoms with Crippen molar-refractivity contribution in [1.82, 2.24) is 9.88 Å². The fraction of sp³-hybridized carbons (Fsp3) is 0.545. The molecule has 2 saturated heterocycles. The molecule has 1 aromatic carbocycles. The van der Waals surface area contributed by atoms with Gasteiger partial charge in [-0.1, -0.05) is 6.07 Å². The fourth-order valence-electron chi connectivity index (χ4n) is 4.53. The summed E-state index contributed by atoms with van der Waals surface area (Å²) in [6, 6.07) is 9.91. The first-order chi connectivity index (χ1) is 13.3. The summed E-state index contributed by atoms with van der Waals surface area (Å²) < 4.78 is 6.10. The maximum atomic E-state index is 11.2. The molecule has 0 aliphatic carbocycles. The molecular formula is C22H29N3O3. The van der Waals surface area contributed by atoms with Crippen LogP contribution in [0.2, 0.25) is 0 Å². The Morgan fingerprint density at radius 1 is 1.25 bits per heavy atom. The van der Waals surface area contributed by atoms with Crippen LogP contribution in [0.3, 0.4) is 0 Å². The lowest BCUT2D eigenvalue weighted by atomic mass is 9.78. The van der Waals surface area contributed by atoms with Crippen molar-refractivity contribution in [2.75, 3.05) is 25.0 Å². The van der Waals surface area contributed by atoms with E-state index in [1.165, 1.54) is 6.92 Å². The number of hydrogen-bond donors (Lipinski definition) is 2. The zero-order valence-corrected chi connectivity index (χ0v) is 16.7. The molecule has 1 spiro atoms. The monoisotopic (exact) mass is 383 g/mol. The van der Waals surface area contributed by atoms with E-state index in [0.717, 1.165) is 67.6 Å². The molecule has 0 radical (unpaired) electrons. The molecule has 2 aliphatic rings. The SMILES string of the molecule is CC(=O)Nc1ccc2nc(CN3CCC4(CC3)CC(C)(O)CCO4)ccc2c1. The number of carbonyl (C=O) groups excluding carboxylic acids is 1. The molecule has 150 valence electrons. The van der Waals surface area contributed by atoms with Gasteiger partial charge in [-0.15, -0.1) is 0 Å². The Balaban J connectivity index is 1.39. The minimum Gasteiger partial charge on any atom is -0.390 e. The quantitative estimate of drug-likeness (QED) is 0.852. The van der Waals surface area contributed by atoms with Gasteiger partial charge < -0.3 is 15.2 Å². The van der Waals surface area contributed by atoms with Gasteiger partial charge in [0.25, 0.3) is 0 Å². The minimum absolute atomic E-state index is 0.0738. The first kappa shape index (κ1) is 19.3. The van der Waals surface area contributed by atoms with Gasteiger partial charge in [-0.05, 0) is 50.5 Å². The number of aromatic nitrogens is 1. The van der Waals surface area contributed by atoms with E-state index in [2.05, 4.69) is 22.3 Å². The number of amides is 1. The zero-order chi connectivity index (χ0) is 19.8. The number of piperidine rings is 1. The highest BCUT2D eigenvalue weighted by Gasteiger charge is 2.44. The molecule has 2 aliphatic heterocycles. The predicted molar refractivity (Wildman–Crippen MR) is 109 cm³/mol. The summed E-state index contributed by atoms with van der Waals surface area (Å²) >= 11 is 0. The third-order valence-corrected chi connectivity index (χ3v) is 5.97. The van der Waals surface area contributed by atoms with Gasteiger partial charge in [0.15, 0.2) is 0 Å². The molecule has 6 nitrogen and oxygen atoms in total. The van der Waals surface area contributed by atoms with Gasteiger partial charge in [0.05, 0.1) is 29.0 Å². The van der Waals surface area contributed by atoms with Crippen LogP contribution in [0.4, 0.5) is 5.69 Å². The molecule has 28 heavy (non-hydrogen) atoms. The van der Waals surface area contributed by atoms with Crippen molar-refractivity contribution in [2.24, 2.45) is 0 Å². The van der Waals surface area contributed by atoms with Crippen molar-refractivity contribution in [2.45, 2.75) is 57.3 Å². The average Bonchev–Trinajstić information content (AvgIpc) is 2.62. The van der Waals surface area contributed by atoms with Gasteiger partial charge in [-0.3, -0.25) is 14.7 Å². The maximum Gasteiger partial charge on any atom is 0.221 e. The van der Waals surface area contributed by atoms with Crippen molar-refractivity contribution in [3.05, 3.63) is 36.0 Å². The highest BCUT2D eigenvalue weighted by molar-refractivity contribution is 5.92.